The van der Waals surface area contributed by atoms with Crippen molar-refractivity contribution in [1.29, 1.82) is 0 Å². The third-order valence-electron chi connectivity index (χ3n) is 11.5. The molecule has 206 valence electrons. The minimum Gasteiger partial charge on any atom is -0.396 e. The molecule has 0 bridgehead atoms. The summed E-state index contributed by atoms with van der Waals surface area (Å²) < 4.78 is 0. The topological polar surface area (TPSA) is 159 Å². The third-order valence-corrected chi connectivity index (χ3v) is 11.5. The SMILES string of the molecule is CC(CO)C(C)CC(O)C(C)(O)C1CCC2(O)C3=CC(=O)C4(O)CC(O)C(O)CC4(C)C3CCC12C. The van der Waals surface area contributed by atoms with Crippen LogP contribution in [0.3, 0.4) is 0 Å². The molecule has 0 radical (unpaired) electrons. The number of fused-ring (bicyclic) bond motifs is 5. The maximum Gasteiger partial charge on any atom is 0.187 e. The summed E-state index contributed by atoms with van der Waals surface area (Å²) in [6, 6.07) is 0. The number of ketones is 1. The second-order valence-electron chi connectivity index (χ2n) is 13.4. The molecule has 4 rings (SSSR count). The highest BCUT2D eigenvalue weighted by Gasteiger charge is 2.71. The van der Waals surface area contributed by atoms with Gasteiger partial charge in [-0.1, -0.05) is 27.7 Å². The molecule has 0 aliphatic heterocycles. The van der Waals surface area contributed by atoms with Gasteiger partial charge in [-0.05, 0) is 80.8 Å². The molecule has 0 aromatic heterocycles. The molecule has 0 spiro atoms. The third kappa shape index (κ3) is 3.63. The Morgan fingerprint density at radius 3 is 2.22 bits per heavy atom. The summed E-state index contributed by atoms with van der Waals surface area (Å²) in [7, 11) is 0. The number of hydrogen-bond acceptors (Lipinski definition) is 8. The van der Waals surface area contributed by atoms with E-state index in [9.17, 15) is 40.5 Å². The Morgan fingerprint density at radius 1 is 1.00 bits per heavy atom. The number of carbonyl (C=O) groups is 1. The highest BCUT2D eigenvalue weighted by molar-refractivity contribution is 6.00. The molecule has 0 aromatic carbocycles. The molecule has 8 heteroatoms. The lowest BCUT2D eigenvalue weighted by atomic mass is 9.44. The van der Waals surface area contributed by atoms with Crippen molar-refractivity contribution >= 4 is 5.78 Å². The van der Waals surface area contributed by atoms with Gasteiger partial charge < -0.3 is 35.7 Å². The average molecular weight is 511 g/mol. The van der Waals surface area contributed by atoms with Crippen LogP contribution in [0.4, 0.5) is 0 Å². The Balaban J connectivity index is 1.69. The molecule has 3 fully saturated rings. The van der Waals surface area contributed by atoms with Gasteiger partial charge in [-0.3, -0.25) is 4.79 Å². The van der Waals surface area contributed by atoms with Crippen LogP contribution < -0.4 is 0 Å². The quantitative estimate of drug-likeness (QED) is 0.280. The van der Waals surface area contributed by atoms with Crippen molar-refractivity contribution < 1.29 is 40.5 Å². The number of aliphatic hydroxyl groups is 7. The fourth-order valence-electron chi connectivity index (χ4n) is 8.53. The van der Waals surface area contributed by atoms with Gasteiger partial charge in [-0.15, -0.1) is 0 Å². The van der Waals surface area contributed by atoms with Crippen LogP contribution in [0.25, 0.3) is 0 Å². The Labute approximate surface area is 214 Å². The van der Waals surface area contributed by atoms with Gasteiger partial charge in [-0.25, -0.2) is 0 Å². The smallest absolute Gasteiger partial charge is 0.187 e. The van der Waals surface area contributed by atoms with Crippen LogP contribution in [0, 0.1) is 34.5 Å². The highest BCUT2D eigenvalue weighted by atomic mass is 16.3. The largest absolute Gasteiger partial charge is 0.396 e. The molecule has 4 aliphatic carbocycles. The van der Waals surface area contributed by atoms with E-state index in [1.165, 1.54) is 6.08 Å². The first-order valence-electron chi connectivity index (χ1n) is 13.6. The van der Waals surface area contributed by atoms with E-state index in [0.29, 0.717) is 37.7 Å². The Bertz CT molecular complexity index is 917. The summed E-state index contributed by atoms with van der Waals surface area (Å²) in [6.45, 7) is 9.17. The zero-order valence-electron chi connectivity index (χ0n) is 22.3. The lowest BCUT2D eigenvalue weighted by Gasteiger charge is -2.62. The van der Waals surface area contributed by atoms with Crippen LogP contribution >= 0.6 is 0 Å². The molecule has 36 heavy (non-hydrogen) atoms. The van der Waals surface area contributed by atoms with E-state index in [2.05, 4.69) is 0 Å². The van der Waals surface area contributed by atoms with E-state index in [1.807, 2.05) is 20.8 Å². The van der Waals surface area contributed by atoms with Gasteiger partial charge in [0.15, 0.2) is 5.78 Å². The van der Waals surface area contributed by atoms with Crippen molar-refractivity contribution in [3.63, 3.8) is 0 Å². The maximum absolute atomic E-state index is 13.4. The molecule has 4 aliphatic rings. The highest BCUT2D eigenvalue weighted by Crippen LogP contribution is 2.69. The monoisotopic (exact) mass is 510 g/mol. The molecule has 8 nitrogen and oxygen atoms in total. The summed E-state index contributed by atoms with van der Waals surface area (Å²) in [5.74, 6) is -1.39. The van der Waals surface area contributed by atoms with Crippen LogP contribution in [0.2, 0.25) is 0 Å². The van der Waals surface area contributed by atoms with Gasteiger partial charge in [0.2, 0.25) is 0 Å². The van der Waals surface area contributed by atoms with Crippen molar-refractivity contribution in [2.75, 3.05) is 6.61 Å². The second kappa shape index (κ2) is 8.83. The molecule has 0 saturated heterocycles. The summed E-state index contributed by atoms with van der Waals surface area (Å²) in [5.41, 5.74) is -6.03. The van der Waals surface area contributed by atoms with E-state index in [0.717, 1.165) is 0 Å². The van der Waals surface area contributed by atoms with Crippen LogP contribution in [-0.2, 0) is 4.79 Å². The number of aliphatic hydroxyl groups excluding tert-OH is 4. The summed E-state index contributed by atoms with van der Waals surface area (Å²) in [6.07, 6.45) is 0.00361. The lowest BCUT2D eigenvalue weighted by molar-refractivity contribution is -0.211. The van der Waals surface area contributed by atoms with Crippen molar-refractivity contribution in [3.8, 4) is 0 Å². The van der Waals surface area contributed by atoms with Crippen molar-refractivity contribution in [2.24, 2.45) is 34.5 Å². The predicted molar refractivity (Wildman–Crippen MR) is 133 cm³/mol. The first-order chi connectivity index (χ1) is 16.5. The Hall–Kier alpha value is -0.870. The van der Waals surface area contributed by atoms with E-state index in [1.54, 1.807) is 13.8 Å². The Kier molecular flexibility index (Phi) is 6.90. The normalized spacial score (nSPS) is 48.7. The second-order valence-corrected chi connectivity index (χ2v) is 13.4. The first-order valence-corrected chi connectivity index (χ1v) is 13.6. The number of rotatable bonds is 6. The van der Waals surface area contributed by atoms with Gasteiger partial charge >= 0.3 is 0 Å². The van der Waals surface area contributed by atoms with Crippen molar-refractivity contribution in [1.82, 2.24) is 0 Å². The van der Waals surface area contributed by atoms with E-state index in [4.69, 9.17) is 0 Å². The van der Waals surface area contributed by atoms with Gasteiger partial charge in [-0.2, -0.15) is 0 Å². The van der Waals surface area contributed by atoms with Gasteiger partial charge in [0, 0.05) is 23.9 Å². The number of carbonyl (C=O) groups excluding carboxylic acids is 1. The van der Waals surface area contributed by atoms with Crippen LogP contribution in [0.15, 0.2) is 11.6 Å². The minimum absolute atomic E-state index is 0.00264. The molecule has 3 saturated carbocycles. The van der Waals surface area contributed by atoms with E-state index < -0.39 is 57.6 Å². The fourth-order valence-corrected chi connectivity index (χ4v) is 8.53. The summed E-state index contributed by atoms with van der Waals surface area (Å²) in [4.78, 5) is 13.4. The number of hydrogen-bond donors (Lipinski definition) is 7. The van der Waals surface area contributed by atoms with Crippen LogP contribution in [0.1, 0.15) is 79.6 Å². The molecule has 0 amide bonds. The van der Waals surface area contributed by atoms with Gasteiger partial charge in [0.1, 0.15) is 5.60 Å². The van der Waals surface area contributed by atoms with Crippen molar-refractivity contribution in [2.45, 2.75) is 115 Å². The minimum atomic E-state index is -1.82. The fraction of sp³-hybridized carbons (Fsp3) is 0.893. The molecule has 12 unspecified atom stereocenters. The predicted octanol–water partition coefficient (Wildman–Crippen LogP) is 1.07. The van der Waals surface area contributed by atoms with E-state index >= 15 is 0 Å². The van der Waals surface area contributed by atoms with E-state index in [-0.39, 0.29) is 37.2 Å². The molecule has 0 heterocycles. The van der Waals surface area contributed by atoms with Crippen LogP contribution in [-0.4, -0.2) is 83.3 Å². The Morgan fingerprint density at radius 2 is 1.61 bits per heavy atom. The molecule has 7 N–H and O–H groups in total. The molecular formula is C28H46O8. The zero-order valence-corrected chi connectivity index (χ0v) is 22.3. The molecule has 12 atom stereocenters. The maximum atomic E-state index is 13.4. The average Bonchev–Trinajstić information content (AvgIpc) is 3.08. The molecular weight excluding hydrogens is 464 g/mol. The molecule has 0 aromatic rings. The lowest BCUT2D eigenvalue weighted by Crippen LogP contribution is -2.69. The van der Waals surface area contributed by atoms with Crippen LogP contribution in [0.5, 0.6) is 0 Å². The first kappa shape index (κ1) is 28.1. The summed E-state index contributed by atoms with van der Waals surface area (Å²) >= 11 is 0. The van der Waals surface area contributed by atoms with Gasteiger partial charge in [0.25, 0.3) is 0 Å². The van der Waals surface area contributed by atoms with Gasteiger partial charge in [0.05, 0.1) is 29.5 Å². The summed E-state index contributed by atoms with van der Waals surface area (Å²) in [5, 5.41) is 76.8. The zero-order chi connectivity index (χ0) is 27.1. The van der Waals surface area contributed by atoms with Crippen molar-refractivity contribution in [3.05, 3.63) is 11.6 Å². The standard InChI is InChI=1S/C28H46O8/c1-15(16(2)14-29)10-22(32)26(5,34)21-7-9-27(35)18-11-23(33)28(36)13-20(31)19(30)12-25(28,4)17(18)6-8-24(21,27)3/h11,15-17,19-22,29-32,34-36H,6-10,12-14H2,1-5H3.